The van der Waals surface area contributed by atoms with E-state index in [-0.39, 0.29) is 12.2 Å². The molecule has 1 heterocycles. The fourth-order valence-corrected chi connectivity index (χ4v) is 2.92. The van der Waals surface area contributed by atoms with Crippen molar-refractivity contribution in [3.8, 4) is 11.5 Å². The molecule has 1 aliphatic heterocycles. The number of methoxy groups -OCH3 is 2. The van der Waals surface area contributed by atoms with Crippen LogP contribution < -0.4 is 9.47 Å². The van der Waals surface area contributed by atoms with Gasteiger partial charge in [-0.05, 0) is 31.9 Å². The summed E-state index contributed by atoms with van der Waals surface area (Å²) in [7, 11) is 3.16. The van der Waals surface area contributed by atoms with Crippen LogP contribution in [-0.2, 0) is 4.74 Å². The number of halogens is 1. The molecule has 19 heavy (non-hydrogen) atoms. The molecular formula is C14H19BrO4. The second-order valence-corrected chi connectivity index (χ2v) is 5.59. The van der Waals surface area contributed by atoms with Crippen molar-refractivity contribution >= 4 is 15.9 Å². The Balaban J connectivity index is 2.28. The van der Waals surface area contributed by atoms with E-state index in [1.54, 1.807) is 26.4 Å². The van der Waals surface area contributed by atoms with Crippen molar-refractivity contribution in [3.63, 3.8) is 0 Å². The third kappa shape index (κ3) is 3.04. The van der Waals surface area contributed by atoms with Crippen molar-refractivity contribution in [1.29, 1.82) is 0 Å². The normalized spacial score (nSPS) is 24.3. The molecule has 1 fully saturated rings. The van der Waals surface area contributed by atoms with Crippen LogP contribution in [0.4, 0.5) is 0 Å². The molecule has 3 atom stereocenters. The minimum absolute atomic E-state index is 0.163. The van der Waals surface area contributed by atoms with Crippen LogP contribution in [0.3, 0.4) is 0 Å². The van der Waals surface area contributed by atoms with Crippen LogP contribution in [-0.4, -0.2) is 31.5 Å². The van der Waals surface area contributed by atoms with Crippen LogP contribution in [0.1, 0.15) is 31.4 Å². The highest BCUT2D eigenvalue weighted by molar-refractivity contribution is 9.10. The number of aliphatic hydroxyl groups is 1. The van der Waals surface area contributed by atoms with E-state index in [1.807, 2.05) is 6.92 Å². The maximum atomic E-state index is 10.5. The average molecular weight is 331 g/mol. The second kappa shape index (κ2) is 6.11. The molecule has 0 aliphatic carbocycles. The minimum atomic E-state index is -0.667. The summed E-state index contributed by atoms with van der Waals surface area (Å²) in [5.41, 5.74) is 0.761. The van der Waals surface area contributed by atoms with E-state index in [2.05, 4.69) is 15.9 Å². The van der Waals surface area contributed by atoms with Crippen molar-refractivity contribution < 1.29 is 19.3 Å². The molecule has 1 saturated heterocycles. The van der Waals surface area contributed by atoms with Gasteiger partial charge >= 0.3 is 0 Å². The number of rotatable bonds is 4. The van der Waals surface area contributed by atoms with Crippen molar-refractivity contribution in [1.82, 2.24) is 0 Å². The second-order valence-electron chi connectivity index (χ2n) is 4.74. The molecule has 3 unspecified atom stereocenters. The lowest BCUT2D eigenvalue weighted by molar-refractivity contribution is -0.0301. The maximum Gasteiger partial charge on any atom is 0.161 e. The van der Waals surface area contributed by atoms with E-state index in [4.69, 9.17) is 14.2 Å². The van der Waals surface area contributed by atoms with E-state index >= 15 is 0 Å². The SMILES string of the molecule is COc1cc(Br)c(C(O)C2CCC(C)O2)cc1OC. The van der Waals surface area contributed by atoms with Gasteiger partial charge in [0.05, 0.1) is 26.4 Å². The molecule has 0 spiro atoms. The summed E-state index contributed by atoms with van der Waals surface area (Å²) in [6.07, 6.45) is 1.22. The quantitative estimate of drug-likeness (QED) is 0.921. The van der Waals surface area contributed by atoms with Crippen molar-refractivity contribution in [2.45, 2.75) is 38.1 Å². The zero-order chi connectivity index (χ0) is 14.0. The van der Waals surface area contributed by atoms with Crippen molar-refractivity contribution in [2.75, 3.05) is 14.2 Å². The van der Waals surface area contributed by atoms with Crippen LogP contribution >= 0.6 is 15.9 Å². The van der Waals surface area contributed by atoms with Gasteiger partial charge in [0, 0.05) is 10.0 Å². The number of aliphatic hydroxyl groups excluding tert-OH is 1. The van der Waals surface area contributed by atoms with Gasteiger partial charge in [0.15, 0.2) is 11.5 Å². The van der Waals surface area contributed by atoms with Crippen LogP contribution in [0.2, 0.25) is 0 Å². The third-order valence-electron chi connectivity index (χ3n) is 3.44. The van der Waals surface area contributed by atoms with Gasteiger partial charge in [-0.15, -0.1) is 0 Å². The minimum Gasteiger partial charge on any atom is -0.493 e. The van der Waals surface area contributed by atoms with Gasteiger partial charge in [-0.1, -0.05) is 15.9 Å². The number of ether oxygens (including phenoxy) is 3. The van der Waals surface area contributed by atoms with Crippen molar-refractivity contribution in [2.24, 2.45) is 0 Å². The molecule has 1 N–H and O–H groups in total. The Hall–Kier alpha value is -0.780. The van der Waals surface area contributed by atoms with E-state index in [9.17, 15) is 5.11 Å². The predicted octanol–water partition coefficient (Wildman–Crippen LogP) is 3.07. The zero-order valence-electron chi connectivity index (χ0n) is 11.4. The third-order valence-corrected chi connectivity index (χ3v) is 4.13. The van der Waals surface area contributed by atoms with Gasteiger partial charge < -0.3 is 19.3 Å². The molecule has 0 bridgehead atoms. The summed E-state index contributed by atoms with van der Waals surface area (Å²) in [5, 5.41) is 10.5. The smallest absolute Gasteiger partial charge is 0.161 e. The molecule has 106 valence electrons. The summed E-state index contributed by atoms with van der Waals surface area (Å²) < 4.78 is 17.0. The Morgan fingerprint density at radius 3 is 2.42 bits per heavy atom. The topological polar surface area (TPSA) is 47.9 Å². The lowest BCUT2D eigenvalue weighted by Gasteiger charge is -2.21. The molecule has 1 aromatic rings. The van der Waals surface area contributed by atoms with Gasteiger partial charge in [-0.3, -0.25) is 0 Å². The summed E-state index contributed by atoms with van der Waals surface area (Å²) in [5.74, 6) is 1.23. The highest BCUT2D eigenvalue weighted by atomic mass is 79.9. The predicted molar refractivity (Wildman–Crippen MR) is 75.8 cm³/mol. The van der Waals surface area contributed by atoms with Gasteiger partial charge in [0.25, 0.3) is 0 Å². The largest absolute Gasteiger partial charge is 0.493 e. The monoisotopic (exact) mass is 330 g/mol. The number of benzene rings is 1. The fourth-order valence-electron chi connectivity index (χ4n) is 2.36. The van der Waals surface area contributed by atoms with Crippen LogP contribution in [0, 0.1) is 0 Å². The Labute approximate surface area is 121 Å². The molecule has 0 radical (unpaired) electrons. The first kappa shape index (κ1) is 14.6. The fraction of sp³-hybridized carbons (Fsp3) is 0.571. The molecule has 0 aromatic heterocycles. The maximum absolute atomic E-state index is 10.5. The first-order chi connectivity index (χ1) is 9.06. The molecule has 0 saturated carbocycles. The molecule has 4 nitrogen and oxygen atoms in total. The molecule has 0 amide bonds. The van der Waals surface area contributed by atoms with Crippen molar-refractivity contribution in [3.05, 3.63) is 22.2 Å². The van der Waals surface area contributed by atoms with Crippen LogP contribution in [0.15, 0.2) is 16.6 Å². The highest BCUT2D eigenvalue weighted by Gasteiger charge is 2.31. The Morgan fingerprint density at radius 2 is 1.89 bits per heavy atom. The molecule has 2 rings (SSSR count). The van der Waals surface area contributed by atoms with E-state index in [0.717, 1.165) is 22.9 Å². The molecule has 1 aliphatic rings. The Kier molecular flexibility index (Phi) is 4.71. The highest BCUT2D eigenvalue weighted by Crippen LogP contribution is 2.39. The molecular weight excluding hydrogens is 312 g/mol. The first-order valence-corrected chi connectivity index (χ1v) is 7.11. The van der Waals surface area contributed by atoms with Crippen LogP contribution in [0.25, 0.3) is 0 Å². The van der Waals surface area contributed by atoms with Gasteiger partial charge in [0.2, 0.25) is 0 Å². The van der Waals surface area contributed by atoms with Gasteiger partial charge in [-0.25, -0.2) is 0 Å². The molecule has 1 aromatic carbocycles. The summed E-state index contributed by atoms with van der Waals surface area (Å²) in [6.45, 7) is 2.02. The van der Waals surface area contributed by atoms with E-state index in [1.165, 1.54) is 0 Å². The van der Waals surface area contributed by atoms with E-state index < -0.39 is 6.10 Å². The van der Waals surface area contributed by atoms with Gasteiger partial charge in [-0.2, -0.15) is 0 Å². The standard InChI is InChI=1S/C14H19BrO4/c1-8-4-5-11(19-8)14(16)9-6-12(17-2)13(18-3)7-10(9)15/h6-8,11,14,16H,4-5H2,1-3H3. The first-order valence-electron chi connectivity index (χ1n) is 6.31. The number of hydrogen-bond donors (Lipinski definition) is 1. The summed E-state index contributed by atoms with van der Waals surface area (Å²) in [4.78, 5) is 0. The van der Waals surface area contributed by atoms with Gasteiger partial charge in [0.1, 0.15) is 6.10 Å². The Morgan fingerprint density at radius 1 is 1.26 bits per heavy atom. The average Bonchev–Trinajstić information content (AvgIpc) is 2.84. The number of hydrogen-bond acceptors (Lipinski definition) is 4. The zero-order valence-corrected chi connectivity index (χ0v) is 12.9. The van der Waals surface area contributed by atoms with E-state index in [0.29, 0.717) is 11.5 Å². The summed E-state index contributed by atoms with van der Waals surface area (Å²) >= 11 is 3.46. The lowest BCUT2D eigenvalue weighted by atomic mass is 10.0. The lowest BCUT2D eigenvalue weighted by Crippen LogP contribution is -2.19. The Bertz CT molecular complexity index is 449. The summed E-state index contributed by atoms with van der Waals surface area (Å²) in [6, 6.07) is 3.59. The van der Waals surface area contributed by atoms with Crippen LogP contribution in [0.5, 0.6) is 11.5 Å². The molecule has 5 heteroatoms.